The van der Waals surface area contributed by atoms with Crippen LogP contribution in [0.25, 0.3) is 11.0 Å². The minimum absolute atomic E-state index is 0.166. The number of alkyl halides is 3. The van der Waals surface area contributed by atoms with Crippen LogP contribution in [0.15, 0.2) is 41.5 Å². The first-order valence-corrected chi connectivity index (χ1v) is 11.8. The molecule has 1 amide bonds. The average Bonchev–Trinajstić information content (AvgIpc) is 2.79. The number of piperidine rings is 1. The molecule has 0 aromatic carbocycles. The molecule has 1 aliphatic rings. The van der Waals surface area contributed by atoms with Crippen LogP contribution in [0.2, 0.25) is 0 Å². The largest absolute Gasteiger partial charge is 0.444 e. The van der Waals surface area contributed by atoms with Gasteiger partial charge in [-0.2, -0.15) is 13.2 Å². The van der Waals surface area contributed by atoms with E-state index in [1.54, 1.807) is 44.0 Å². The van der Waals surface area contributed by atoms with Crippen molar-refractivity contribution < 1.29 is 22.7 Å². The maximum atomic E-state index is 13.7. The molecule has 0 radical (unpaired) electrons. The highest BCUT2D eigenvalue weighted by atomic mass is 19.4. The molecule has 1 aliphatic heterocycles. The number of ether oxygens (including phenoxy) is 1. The van der Waals surface area contributed by atoms with Crippen molar-refractivity contribution in [1.29, 1.82) is 0 Å². The van der Waals surface area contributed by atoms with Crippen molar-refractivity contribution in [2.75, 3.05) is 13.1 Å². The SMILES string of the molecule is Cc1cnc2cc(C3CCN(C(=O)OC(C)(C)C)CC3)c(=O)n(Cc3ncccc3C(F)(F)F)c2c1. The lowest BCUT2D eigenvalue weighted by molar-refractivity contribution is -0.138. The fourth-order valence-electron chi connectivity index (χ4n) is 4.49. The van der Waals surface area contributed by atoms with E-state index in [2.05, 4.69) is 9.97 Å². The second-order valence-corrected chi connectivity index (χ2v) is 10.1. The van der Waals surface area contributed by atoms with Gasteiger partial charge in [-0.25, -0.2) is 4.79 Å². The number of hydrogen-bond donors (Lipinski definition) is 0. The van der Waals surface area contributed by atoms with Crippen LogP contribution >= 0.6 is 0 Å². The fourth-order valence-corrected chi connectivity index (χ4v) is 4.49. The Hall–Kier alpha value is -3.43. The molecular formula is C26H29F3N4O3. The number of nitrogens with zero attached hydrogens (tertiary/aromatic N) is 4. The van der Waals surface area contributed by atoms with Crippen LogP contribution in [-0.2, 0) is 17.5 Å². The molecule has 10 heteroatoms. The number of rotatable bonds is 3. The third kappa shape index (κ3) is 5.52. The topological polar surface area (TPSA) is 77.3 Å². The predicted molar refractivity (Wildman–Crippen MR) is 129 cm³/mol. The predicted octanol–water partition coefficient (Wildman–Crippen LogP) is 5.28. The van der Waals surface area contributed by atoms with Crippen molar-refractivity contribution >= 4 is 17.1 Å². The van der Waals surface area contributed by atoms with Crippen molar-refractivity contribution in [3.8, 4) is 0 Å². The highest BCUT2D eigenvalue weighted by Crippen LogP contribution is 2.32. The van der Waals surface area contributed by atoms with Crippen LogP contribution in [0, 0.1) is 6.92 Å². The van der Waals surface area contributed by atoms with E-state index in [4.69, 9.17) is 4.74 Å². The summed E-state index contributed by atoms with van der Waals surface area (Å²) < 4.78 is 47.7. The van der Waals surface area contributed by atoms with Crippen molar-refractivity contribution in [1.82, 2.24) is 19.4 Å². The summed E-state index contributed by atoms with van der Waals surface area (Å²) in [6.45, 7) is 7.71. The summed E-state index contributed by atoms with van der Waals surface area (Å²) in [4.78, 5) is 36.1. The molecule has 192 valence electrons. The summed E-state index contributed by atoms with van der Waals surface area (Å²) >= 11 is 0. The number of hydrogen-bond acceptors (Lipinski definition) is 5. The molecular weight excluding hydrogens is 473 g/mol. The first kappa shape index (κ1) is 25.7. The number of carbonyl (C=O) groups excluding carboxylic acids is 1. The zero-order chi connectivity index (χ0) is 26.3. The Morgan fingerprint density at radius 2 is 1.83 bits per heavy atom. The van der Waals surface area contributed by atoms with Gasteiger partial charge >= 0.3 is 12.3 Å². The summed E-state index contributed by atoms with van der Waals surface area (Å²) in [6, 6.07) is 5.67. The minimum Gasteiger partial charge on any atom is -0.444 e. The summed E-state index contributed by atoms with van der Waals surface area (Å²) in [5.74, 6) is -0.166. The highest BCUT2D eigenvalue weighted by molar-refractivity contribution is 5.76. The molecule has 4 rings (SSSR count). The first-order chi connectivity index (χ1) is 16.8. The Morgan fingerprint density at radius 3 is 2.47 bits per heavy atom. The van der Waals surface area contributed by atoms with E-state index < -0.39 is 23.4 Å². The third-order valence-corrected chi connectivity index (χ3v) is 6.20. The zero-order valence-electron chi connectivity index (χ0n) is 20.7. The quantitative estimate of drug-likeness (QED) is 0.487. The molecule has 0 saturated carbocycles. The van der Waals surface area contributed by atoms with Gasteiger partial charge in [-0.15, -0.1) is 0 Å². The molecule has 1 fully saturated rings. The van der Waals surface area contributed by atoms with Gasteiger partial charge in [0, 0.05) is 31.0 Å². The fraction of sp³-hybridized carbons (Fsp3) is 0.462. The number of likely N-dealkylation sites (tertiary alicyclic amines) is 1. The maximum absolute atomic E-state index is 13.7. The summed E-state index contributed by atoms with van der Waals surface area (Å²) in [5, 5.41) is 0. The smallest absolute Gasteiger partial charge is 0.418 e. The van der Waals surface area contributed by atoms with Crippen LogP contribution in [0.1, 0.15) is 61.9 Å². The zero-order valence-corrected chi connectivity index (χ0v) is 20.7. The third-order valence-electron chi connectivity index (χ3n) is 6.20. The average molecular weight is 503 g/mol. The van der Waals surface area contributed by atoms with Crippen LogP contribution in [0.4, 0.5) is 18.0 Å². The summed E-state index contributed by atoms with van der Waals surface area (Å²) in [7, 11) is 0. The molecule has 0 N–H and O–H groups in total. The van der Waals surface area contributed by atoms with E-state index in [1.165, 1.54) is 16.8 Å². The summed E-state index contributed by atoms with van der Waals surface area (Å²) in [6.07, 6.45) is -0.981. The molecule has 0 aliphatic carbocycles. The Kier molecular flexibility index (Phi) is 6.81. The van der Waals surface area contributed by atoms with Crippen LogP contribution < -0.4 is 5.56 Å². The molecule has 0 bridgehead atoms. The van der Waals surface area contributed by atoms with Gasteiger partial charge in [0.2, 0.25) is 0 Å². The lowest BCUT2D eigenvalue weighted by Crippen LogP contribution is -2.42. The van der Waals surface area contributed by atoms with E-state index in [9.17, 15) is 22.8 Å². The van der Waals surface area contributed by atoms with Gasteiger partial charge in [0.05, 0.1) is 28.8 Å². The molecule has 36 heavy (non-hydrogen) atoms. The maximum Gasteiger partial charge on any atom is 0.418 e. The normalized spacial score (nSPS) is 15.4. The van der Waals surface area contributed by atoms with E-state index >= 15 is 0 Å². The second kappa shape index (κ2) is 9.55. The van der Waals surface area contributed by atoms with Gasteiger partial charge < -0.3 is 14.2 Å². The summed E-state index contributed by atoms with van der Waals surface area (Å²) in [5.41, 5.74) is 0.157. The van der Waals surface area contributed by atoms with Gasteiger partial charge in [0.25, 0.3) is 5.56 Å². The van der Waals surface area contributed by atoms with E-state index in [0.29, 0.717) is 42.5 Å². The molecule has 7 nitrogen and oxygen atoms in total. The monoisotopic (exact) mass is 502 g/mol. The minimum atomic E-state index is -4.59. The number of carbonyl (C=O) groups is 1. The highest BCUT2D eigenvalue weighted by Gasteiger charge is 2.34. The van der Waals surface area contributed by atoms with Gasteiger partial charge in [-0.1, -0.05) is 0 Å². The Balaban J connectivity index is 1.70. The molecule has 0 unspecified atom stereocenters. The van der Waals surface area contributed by atoms with Crippen molar-refractivity contribution in [2.45, 2.75) is 64.8 Å². The Bertz CT molecular complexity index is 1340. The first-order valence-electron chi connectivity index (χ1n) is 11.8. The Morgan fingerprint density at radius 1 is 1.14 bits per heavy atom. The lowest BCUT2D eigenvalue weighted by Gasteiger charge is -2.33. The molecule has 0 atom stereocenters. The van der Waals surface area contributed by atoms with Gasteiger partial charge in [-0.3, -0.25) is 14.8 Å². The molecule has 0 spiro atoms. The number of fused-ring (bicyclic) bond motifs is 1. The second-order valence-electron chi connectivity index (χ2n) is 10.1. The van der Waals surface area contributed by atoms with Crippen LogP contribution in [0.5, 0.6) is 0 Å². The van der Waals surface area contributed by atoms with Crippen LogP contribution in [-0.4, -0.2) is 44.2 Å². The number of amides is 1. The Labute approximate surface area is 206 Å². The number of aryl methyl sites for hydroxylation is 1. The lowest BCUT2D eigenvalue weighted by atomic mass is 9.90. The van der Waals surface area contributed by atoms with E-state index in [0.717, 1.165) is 11.6 Å². The molecule has 3 aromatic rings. The molecule has 1 saturated heterocycles. The molecule has 4 heterocycles. The van der Waals surface area contributed by atoms with Gasteiger partial charge in [0.15, 0.2) is 0 Å². The van der Waals surface area contributed by atoms with E-state index in [-0.39, 0.29) is 23.7 Å². The number of pyridine rings is 3. The van der Waals surface area contributed by atoms with Gasteiger partial charge in [-0.05, 0) is 76.3 Å². The molecule has 3 aromatic heterocycles. The van der Waals surface area contributed by atoms with E-state index in [1.807, 2.05) is 6.92 Å². The van der Waals surface area contributed by atoms with Crippen molar-refractivity contribution in [3.05, 3.63) is 69.4 Å². The van der Waals surface area contributed by atoms with Gasteiger partial charge in [0.1, 0.15) is 5.60 Å². The van der Waals surface area contributed by atoms with Crippen molar-refractivity contribution in [3.63, 3.8) is 0 Å². The number of halogens is 3. The number of aromatic nitrogens is 3. The van der Waals surface area contributed by atoms with Crippen LogP contribution in [0.3, 0.4) is 0 Å². The van der Waals surface area contributed by atoms with Crippen molar-refractivity contribution in [2.24, 2.45) is 0 Å². The standard InChI is InChI=1S/C26H29F3N4O3/c1-16-12-22-20(31-14-16)13-18(17-7-10-32(11-8-17)24(35)36-25(2,3)4)23(34)33(22)15-21-19(26(27,28)29)6-5-9-30-21/h5-6,9,12-14,17H,7-8,10-11,15H2,1-4H3.